The average molecular weight is 306 g/mol. The molecular formula is C14H18N4O2S. The van der Waals surface area contributed by atoms with E-state index in [9.17, 15) is 9.90 Å². The van der Waals surface area contributed by atoms with Gasteiger partial charge in [0.1, 0.15) is 10.7 Å². The van der Waals surface area contributed by atoms with Gasteiger partial charge in [-0.3, -0.25) is 5.10 Å². The molecule has 0 saturated heterocycles. The highest BCUT2D eigenvalue weighted by molar-refractivity contribution is 8.04. The van der Waals surface area contributed by atoms with E-state index < -0.39 is 5.97 Å². The van der Waals surface area contributed by atoms with Crippen LogP contribution in [-0.4, -0.2) is 30.8 Å². The van der Waals surface area contributed by atoms with Gasteiger partial charge in [-0.25, -0.2) is 9.78 Å². The molecule has 0 aromatic carbocycles. The van der Waals surface area contributed by atoms with E-state index in [2.05, 4.69) is 15.2 Å². The number of thioether (sulfide) groups is 1. The second-order valence-electron chi connectivity index (χ2n) is 4.72. The van der Waals surface area contributed by atoms with Crippen LogP contribution in [0.1, 0.15) is 29.7 Å². The van der Waals surface area contributed by atoms with Crippen molar-refractivity contribution in [2.75, 3.05) is 0 Å². The number of aromatic amines is 1. The summed E-state index contributed by atoms with van der Waals surface area (Å²) in [4.78, 5) is 15.8. The first-order chi connectivity index (χ1) is 9.92. The number of aliphatic carboxylic acids is 1. The zero-order chi connectivity index (χ0) is 15.6. The number of H-pyrrole nitrogens is 1. The van der Waals surface area contributed by atoms with E-state index >= 15 is 0 Å². The summed E-state index contributed by atoms with van der Waals surface area (Å²) in [5.41, 5.74) is 3.00. The number of nitrogens with one attached hydrogen (secondary N) is 1. The molecule has 0 fully saturated rings. The standard InChI is InChI=1S/C14H18N4O2S/c1-5-12-15-14(17-16-12)21-11(13(19)20)7-10-6-8(2)18(4)9(10)3/h6-7H,5H2,1-4H3,(H,19,20)(H,15,16,17)/b11-7-. The van der Waals surface area contributed by atoms with Crippen molar-refractivity contribution < 1.29 is 9.90 Å². The minimum absolute atomic E-state index is 0.199. The van der Waals surface area contributed by atoms with Gasteiger partial charge in [-0.05, 0) is 43.3 Å². The Labute approximate surface area is 127 Å². The molecular weight excluding hydrogens is 288 g/mol. The van der Waals surface area contributed by atoms with Crippen molar-refractivity contribution in [2.24, 2.45) is 7.05 Å². The summed E-state index contributed by atoms with van der Waals surface area (Å²) in [5.74, 6) is -0.238. The van der Waals surface area contributed by atoms with Gasteiger partial charge in [-0.1, -0.05) is 6.92 Å². The molecule has 2 rings (SSSR count). The zero-order valence-electron chi connectivity index (χ0n) is 12.5. The molecule has 7 heteroatoms. The van der Waals surface area contributed by atoms with Gasteiger partial charge < -0.3 is 9.67 Å². The first kappa shape index (κ1) is 15.4. The highest BCUT2D eigenvalue weighted by atomic mass is 32.2. The Morgan fingerprint density at radius 3 is 2.71 bits per heavy atom. The van der Waals surface area contributed by atoms with Gasteiger partial charge in [0.2, 0.25) is 5.16 Å². The molecule has 2 heterocycles. The molecule has 2 N–H and O–H groups in total. The number of rotatable bonds is 5. The van der Waals surface area contributed by atoms with Crippen molar-refractivity contribution in [3.8, 4) is 0 Å². The molecule has 0 amide bonds. The molecule has 2 aromatic heterocycles. The Morgan fingerprint density at radius 2 is 2.24 bits per heavy atom. The molecule has 0 atom stereocenters. The van der Waals surface area contributed by atoms with Crippen LogP contribution in [0.4, 0.5) is 0 Å². The molecule has 0 aliphatic rings. The Kier molecular flexibility index (Phi) is 4.52. The maximum atomic E-state index is 11.4. The number of carbonyl (C=O) groups is 1. The second-order valence-corrected chi connectivity index (χ2v) is 5.73. The van der Waals surface area contributed by atoms with Crippen molar-refractivity contribution in [2.45, 2.75) is 32.3 Å². The fourth-order valence-corrected chi connectivity index (χ4v) is 2.60. The number of hydrogen-bond acceptors (Lipinski definition) is 4. The number of carboxylic acids is 1. The fourth-order valence-electron chi connectivity index (χ4n) is 1.89. The minimum Gasteiger partial charge on any atom is -0.477 e. The molecule has 21 heavy (non-hydrogen) atoms. The molecule has 0 spiro atoms. The third-order valence-corrected chi connectivity index (χ3v) is 4.24. The van der Waals surface area contributed by atoms with E-state index in [4.69, 9.17) is 0 Å². The van der Waals surface area contributed by atoms with E-state index in [0.29, 0.717) is 5.16 Å². The largest absolute Gasteiger partial charge is 0.477 e. The Morgan fingerprint density at radius 1 is 1.52 bits per heavy atom. The molecule has 0 saturated carbocycles. The lowest BCUT2D eigenvalue weighted by Crippen LogP contribution is -1.98. The second kappa shape index (κ2) is 6.17. The van der Waals surface area contributed by atoms with Crippen LogP contribution in [0, 0.1) is 13.8 Å². The lowest BCUT2D eigenvalue weighted by molar-refractivity contribution is -0.131. The summed E-state index contributed by atoms with van der Waals surface area (Å²) in [7, 11) is 1.96. The van der Waals surface area contributed by atoms with Crippen LogP contribution in [0.3, 0.4) is 0 Å². The summed E-state index contributed by atoms with van der Waals surface area (Å²) < 4.78 is 2.03. The van der Waals surface area contributed by atoms with E-state index in [1.54, 1.807) is 6.08 Å². The van der Waals surface area contributed by atoms with Crippen LogP contribution in [0.5, 0.6) is 0 Å². The summed E-state index contributed by atoms with van der Waals surface area (Å²) in [6, 6.07) is 1.97. The lowest BCUT2D eigenvalue weighted by atomic mass is 10.2. The van der Waals surface area contributed by atoms with Crippen molar-refractivity contribution in [1.29, 1.82) is 0 Å². The zero-order valence-corrected chi connectivity index (χ0v) is 13.3. The van der Waals surface area contributed by atoms with Crippen LogP contribution < -0.4 is 0 Å². The SMILES string of the molecule is CCc1nc(S/C(=C\c2cc(C)n(C)c2C)C(=O)O)n[nH]1. The molecule has 6 nitrogen and oxygen atoms in total. The van der Waals surface area contributed by atoms with Crippen LogP contribution >= 0.6 is 11.8 Å². The molecule has 0 aliphatic heterocycles. The van der Waals surface area contributed by atoms with Crippen molar-refractivity contribution in [3.63, 3.8) is 0 Å². The van der Waals surface area contributed by atoms with E-state index in [1.165, 1.54) is 0 Å². The van der Waals surface area contributed by atoms with Gasteiger partial charge in [-0.2, -0.15) is 0 Å². The summed E-state index contributed by atoms with van der Waals surface area (Å²) in [6.45, 7) is 5.91. The van der Waals surface area contributed by atoms with E-state index in [-0.39, 0.29) is 4.91 Å². The van der Waals surface area contributed by atoms with Gasteiger partial charge in [0.25, 0.3) is 0 Å². The number of aromatic nitrogens is 4. The van der Waals surface area contributed by atoms with Crippen molar-refractivity contribution in [3.05, 3.63) is 33.7 Å². The van der Waals surface area contributed by atoms with Crippen LogP contribution in [-0.2, 0) is 18.3 Å². The number of aryl methyl sites for hydroxylation is 2. The highest BCUT2D eigenvalue weighted by Gasteiger charge is 2.15. The minimum atomic E-state index is -0.983. The van der Waals surface area contributed by atoms with Gasteiger partial charge in [0.15, 0.2) is 0 Å². The highest BCUT2D eigenvalue weighted by Crippen LogP contribution is 2.27. The number of carboxylic acid groups (broad SMARTS) is 1. The van der Waals surface area contributed by atoms with E-state index in [1.807, 2.05) is 38.5 Å². The maximum absolute atomic E-state index is 11.4. The molecule has 0 bridgehead atoms. The molecule has 0 unspecified atom stereocenters. The van der Waals surface area contributed by atoms with Gasteiger partial charge in [-0.15, -0.1) is 5.10 Å². The average Bonchev–Trinajstić information content (AvgIpc) is 2.99. The molecule has 0 radical (unpaired) electrons. The summed E-state index contributed by atoms with van der Waals surface area (Å²) in [6.07, 6.45) is 2.40. The number of nitrogens with zero attached hydrogens (tertiary/aromatic N) is 3. The molecule has 0 aliphatic carbocycles. The molecule has 112 valence electrons. The van der Waals surface area contributed by atoms with Crippen LogP contribution in [0.2, 0.25) is 0 Å². The number of hydrogen-bond donors (Lipinski definition) is 2. The first-order valence-electron chi connectivity index (χ1n) is 6.59. The lowest BCUT2D eigenvalue weighted by Gasteiger charge is -2.01. The Balaban J connectivity index is 2.32. The fraction of sp³-hybridized carbons (Fsp3) is 0.357. The van der Waals surface area contributed by atoms with Crippen LogP contribution in [0.25, 0.3) is 6.08 Å². The summed E-state index contributed by atoms with van der Waals surface area (Å²) in [5, 5.41) is 16.6. The summed E-state index contributed by atoms with van der Waals surface area (Å²) >= 11 is 1.05. The monoisotopic (exact) mass is 306 g/mol. The Bertz CT molecular complexity index is 700. The third-order valence-electron chi connectivity index (χ3n) is 3.36. The van der Waals surface area contributed by atoms with E-state index in [0.717, 1.165) is 41.0 Å². The first-order valence-corrected chi connectivity index (χ1v) is 7.41. The normalized spacial score (nSPS) is 11.9. The molecule has 2 aromatic rings. The van der Waals surface area contributed by atoms with Gasteiger partial charge in [0, 0.05) is 24.9 Å². The third kappa shape index (κ3) is 3.36. The maximum Gasteiger partial charge on any atom is 0.342 e. The van der Waals surface area contributed by atoms with Gasteiger partial charge >= 0.3 is 5.97 Å². The topological polar surface area (TPSA) is 83.8 Å². The quantitative estimate of drug-likeness (QED) is 0.655. The Hall–Kier alpha value is -2.02. The van der Waals surface area contributed by atoms with Crippen molar-refractivity contribution in [1.82, 2.24) is 19.7 Å². The van der Waals surface area contributed by atoms with Crippen molar-refractivity contribution >= 4 is 23.8 Å². The smallest absolute Gasteiger partial charge is 0.342 e. The predicted molar refractivity (Wildman–Crippen MR) is 82.1 cm³/mol. The van der Waals surface area contributed by atoms with Crippen LogP contribution in [0.15, 0.2) is 16.1 Å². The predicted octanol–water partition coefficient (Wildman–Crippen LogP) is 2.54. The van der Waals surface area contributed by atoms with Gasteiger partial charge in [0.05, 0.1) is 0 Å².